The van der Waals surface area contributed by atoms with Gasteiger partial charge in [-0.2, -0.15) is 0 Å². The normalized spacial score (nSPS) is 17.0. The van der Waals surface area contributed by atoms with E-state index in [-0.39, 0.29) is 31.1 Å². The summed E-state index contributed by atoms with van der Waals surface area (Å²) in [5.74, 6) is -0.562. The first kappa shape index (κ1) is 17.6. The van der Waals surface area contributed by atoms with Crippen LogP contribution in [-0.4, -0.2) is 29.5 Å². The minimum Gasteiger partial charge on any atom is -0.406 e. The molecule has 1 aliphatic rings. The summed E-state index contributed by atoms with van der Waals surface area (Å²) in [6, 6.07) is 5.78. The van der Waals surface area contributed by atoms with Crippen molar-refractivity contribution < 1.29 is 27.8 Å². The quantitative estimate of drug-likeness (QED) is 0.843. The number of amides is 1. The molecule has 128 valence electrons. The number of rotatable bonds is 6. The van der Waals surface area contributed by atoms with Crippen molar-refractivity contribution in [2.45, 2.75) is 50.4 Å². The van der Waals surface area contributed by atoms with Gasteiger partial charge in [0, 0.05) is 6.42 Å². The van der Waals surface area contributed by atoms with Crippen LogP contribution in [0.5, 0.6) is 5.75 Å². The van der Waals surface area contributed by atoms with E-state index in [4.69, 9.17) is 0 Å². The molecule has 0 unspecified atom stereocenters. The van der Waals surface area contributed by atoms with Crippen molar-refractivity contribution in [1.82, 2.24) is 5.32 Å². The Bertz CT molecular complexity index is 540. The number of hydrogen-bond donors (Lipinski definition) is 2. The highest BCUT2D eigenvalue weighted by molar-refractivity contribution is 5.77. The molecule has 0 radical (unpaired) electrons. The van der Waals surface area contributed by atoms with E-state index in [1.165, 1.54) is 18.2 Å². The van der Waals surface area contributed by atoms with Crippen LogP contribution in [0.25, 0.3) is 0 Å². The van der Waals surface area contributed by atoms with Gasteiger partial charge in [0.15, 0.2) is 0 Å². The highest BCUT2D eigenvalue weighted by Crippen LogP contribution is 2.30. The molecule has 1 aliphatic carbocycles. The van der Waals surface area contributed by atoms with Crippen LogP contribution >= 0.6 is 0 Å². The van der Waals surface area contributed by atoms with Crippen molar-refractivity contribution in [3.63, 3.8) is 0 Å². The van der Waals surface area contributed by atoms with Gasteiger partial charge in [-0.1, -0.05) is 31.0 Å². The maximum Gasteiger partial charge on any atom is 0.573 e. The third kappa shape index (κ3) is 5.13. The predicted molar refractivity (Wildman–Crippen MR) is 77.9 cm³/mol. The number of aliphatic hydroxyl groups is 1. The van der Waals surface area contributed by atoms with Crippen LogP contribution in [0.1, 0.15) is 37.7 Å². The molecule has 1 amide bonds. The van der Waals surface area contributed by atoms with Gasteiger partial charge in [-0.05, 0) is 30.9 Å². The second-order valence-corrected chi connectivity index (χ2v) is 5.85. The molecule has 1 fully saturated rings. The number of benzene rings is 1. The minimum absolute atomic E-state index is 0.0416. The van der Waals surface area contributed by atoms with Crippen molar-refractivity contribution >= 4 is 5.91 Å². The fraction of sp³-hybridized carbons (Fsp3) is 0.562. The zero-order chi connectivity index (χ0) is 16.9. The second kappa shape index (κ2) is 7.21. The van der Waals surface area contributed by atoms with Gasteiger partial charge in [0.05, 0.1) is 12.1 Å². The molecule has 1 aromatic rings. The fourth-order valence-corrected chi connectivity index (χ4v) is 2.92. The summed E-state index contributed by atoms with van der Waals surface area (Å²) in [6.45, 7) is -0.119. The number of aryl methyl sites for hydroxylation is 1. The highest BCUT2D eigenvalue weighted by atomic mass is 19.4. The van der Waals surface area contributed by atoms with E-state index in [0.29, 0.717) is 5.56 Å². The van der Waals surface area contributed by atoms with Crippen molar-refractivity contribution in [3.05, 3.63) is 29.8 Å². The Hall–Kier alpha value is -1.76. The summed E-state index contributed by atoms with van der Waals surface area (Å²) < 4.78 is 41.0. The molecule has 1 aromatic carbocycles. The summed E-state index contributed by atoms with van der Waals surface area (Å²) in [5, 5.41) is 12.3. The standard InChI is InChI=1S/C16H20F3NO3/c17-16(18,19)23-13-6-2-1-5-12(13)7-8-14(22)20-15(11-21)9-3-4-10-15/h1-2,5-6,21H,3-4,7-11H2,(H,20,22). The van der Waals surface area contributed by atoms with Crippen molar-refractivity contribution in [2.24, 2.45) is 0 Å². The second-order valence-electron chi connectivity index (χ2n) is 5.85. The van der Waals surface area contributed by atoms with Gasteiger partial charge in [0.2, 0.25) is 5.91 Å². The van der Waals surface area contributed by atoms with Crippen LogP contribution in [0.2, 0.25) is 0 Å². The molecule has 7 heteroatoms. The number of aliphatic hydroxyl groups excluding tert-OH is 1. The molecule has 0 heterocycles. The van der Waals surface area contributed by atoms with E-state index in [0.717, 1.165) is 25.7 Å². The number of carbonyl (C=O) groups excluding carboxylic acids is 1. The van der Waals surface area contributed by atoms with E-state index in [1.807, 2.05) is 0 Å². The lowest BCUT2D eigenvalue weighted by atomic mass is 9.98. The molecular weight excluding hydrogens is 311 g/mol. The summed E-state index contributed by atoms with van der Waals surface area (Å²) in [4.78, 5) is 12.0. The molecule has 23 heavy (non-hydrogen) atoms. The molecule has 0 aliphatic heterocycles. The zero-order valence-corrected chi connectivity index (χ0v) is 12.7. The maximum absolute atomic E-state index is 12.4. The number of hydrogen-bond acceptors (Lipinski definition) is 3. The fourth-order valence-electron chi connectivity index (χ4n) is 2.92. The summed E-state index contributed by atoms with van der Waals surface area (Å²) in [5.41, 5.74) is -0.247. The number of carbonyl (C=O) groups is 1. The van der Waals surface area contributed by atoms with Gasteiger partial charge in [0.25, 0.3) is 0 Å². The molecule has 1 saturated carbocycles. The molecule has 2 N–H and O–H groups in total. The van der Waals surface area contributed by atoms with Gasteiger partial charge in [0.1, 0.15) is 5.75 Å². The summed E-state index contributed by atoms with van der Waals surface area (Å²) in [7, 11) is 0. The Morgan fingerprint density at radius 3 is 2.52 bits per heavy atom. The van der Waals surface area contributed by atoms with Crippen molar-refractivity contribution in [3.8, 4) is 5.75 Å². The monoisotopic (exact) mass is 331 g/mol. The van der Waals surface area contributed by atoms with Crippen LogP contribution in [0.15, 0.2) is 24.3 Å². The Morgan fingerprint density at radius 2 is 1.91 bits per heavy atom. The topological polar surface area (TPSA) is 58.6 Å². The Kier molecular flexibility index (Phi) is 5.51. The molecule has 2 rings (SSSR count). The minimum atomic E-state index is -4.76. The average Bonchev–Trinajstić information content (AvgIpc) is 2.94. The molecule has 0 saturated heterocycles. The van der Waals surface area contributed by atoms with Crippen LogP contribution in [-0.2, 0) is 11.2 Å². The predicted octanol–water partition coefficient (Wildman–Crippen LogP) is 2.94. The SMILES string of the molecule is O=C(CCc1ccccc1OC(F)(F)F)NC1(CO)CCCC1. The highest BCUT2D eigenvalue weighted by Gasteiger charge is 2.35. The lowest BCUT2D eigenvalue weighted by molar-refractivity contribution is -0.274. The van der Waals surface area contributed by atoms with Gasteiger partial charge in [-0.15, -0.1) is 13.2 Å². The third-order valence-electron chi connectivity index (χ3n) is 4.09. The Morgan fingerprint density at radius 1 is 1.26 bits per heavy atom. The van der Waals surface area contributed by atoms with E-state index < -0.39 is 11.9 Å². The van der Waals surface area contributed by atoms with Gasteiger partial charge in [-0.3, -0.25) is 4.79 Å². The van der Waals surface area contributed by atoms with E-state index >= 15 is 0 Å². The Labute approximate surface area is 132 Å². The summed E-state index contributed by atoms with van der Waals surface area (Å²) >= 11 is 0. The first-order valence-electron chi connectivity index (χ1n) is 7.59. The van der Waals surface area contributed by atoms with E-state index in [9.17, 15) is 23.1 Å². The average molecular weight is 331 g/mol. The number of alkyl halides is 3. The molecule has 0 bridgehead atoms. The molecule has 4 nitrogen and oxygen atoms in total. The first-order chi connectivity index (χ1) is 10.8. The first-order valence-corrected chi connectivity index (χ1v) is 7.59. The van der Waals surface area contributed by atoms with Gasteiger partial charge < -0.3 is 15.2 Å². The Balaban J connectivity index is 1.94. The smallest absolute Gasteiger partial charge is 0.406 e. The third-order valence-corrected chi connectivity index (χ3v) is 4.09. The van der Waals surface area contributed by atoms with Gasteiger partial charge >= 0.3 is 6.36 Å². The van der Waals surface area contributed by atoms with Crippen LogP contribution in [0.4, 0.5) is 13.2 Å². The van der Waals surface area contributed by atoms with Crippen molar-refractivity contribution in [2.75, 3.05) is 6.61 Å². The largest absolute Gasteiger partial charge is 0.573 e. The molecule has 0 aromatic heterocycles. The number of ether oxygens (including phenoxy) is 1. The maximum atomic E-state index is 12.4. The van der Waals surface area contributed by atoms with Crippen molar-refractivity contribution in [1.29, 1.82) is 0 Å². The lowest BCUT2D eigenvalue weighted by Gasteiger charge is -2.28. The number of halogens is 3. The van der Waals surface area contributed by atoms with Crippen LogP contribution < -0.4 is 10.1 Å². The molecule has 0 spiro atoms. The number of nitrogens with one attached hydrogen (secondary N) is 1. The zero-order valence-electron chi connectivity index (χ0n) is 12.7. The van der Waals surface area contributed by atoms with E-state index in [2.05, 4.69) is 10.1 Å². The van der Waals surface area contributed by atoms with Crippen LogP contribution in [0, 0.1) is 0 Å². The number of para-hydroxylation sites is 1. The van der Waals surface area contributed by atoms with E-state index in [1.54, 1.807) is 6.07 Å². The molecular formula is C16H20F3NO3. The summed E-state index contributed by atoms with van der Waals surface area (Å²) in [6.07, 6.45) is -1.24. The lowest BCUT2D eigenvalue weighted by Crippen LogP contribution is -2.49. The van der Waals surface area contributed by atoms with Crippen LogP contribution in [0.3, 0.4) is 0 Å². The van der Waals surface area contributed by atoms with Gasteiger partial charge in [-0.25, -0.2) is 0 Å². The molecule has 0 atom stereocenters.